The van der Waals surface area contributed by atoms with Crippen molar-refractivity contribution in [3.63, 3.8) is 0 Å². The fourth-order valence-corrected chi connectivity index (χ4v) is 2.96. The monoisotopic (exact) mass is 324 g/mol. The van der Waals surface area contributed by atoms with E-state index in [1.165, 1.54) is 0 Å². The second-order valence-corrected chi connectivity index (χ2v) is 5.98. The van der Waals surface area contributed by atoms with E-state index in [0.717, 1.165) is 18.4 Å². The maximum Gasteiger partial charge on any atom is 0.320 e. The van der Waals surface area contributed by atoms with E-state index in [9.17, 15) is 9.59 Å². The standard InChI is InChI=1S/C16H21ClN2O3/c1-2-13(11-5-7-12(17)8-6-11)18-15(20)10-19-9-3-4-14(19)16(21)22/h5-8,13-14H,2-4,9-10H2,1H3,(H,18,20)(H,21,22)/t13-,14-/m0/s1. The molecule has 6 heteroatoms. The summed E-state index contributed by atoms with van der Waals surface area (Å²) in [6.07, 6.45) is 2.19. The number of hydrogen-bond donors (Lipinski definition) is 2. The summed E-state index contributed by atoms with van der Waals surface area (Å²) >= 11 is 5.87. The van der Waals surface area contributed by atoms with Crippen LogP contribution >= 0.6 is 11.6 Å². The highest BCUT2D eigenvalue weighted by Gasteiger charge is 2.31. The maximum atomic E-state index is 12.2. The number of amides is 1. The first kappa shape index (κ1) is 16.8. The molecule has 5 nitrogen and oxygen atoms in total. The molecule has 1 fully saturated rings. The lowest BCUT2D eigenvalue weighted by Gasteiger charge is -2.23. The molecule has 2 rings (SSSR count). The lowest BCUT2D eigenvalue weighted by Crippen LogP contribution is -2.43. The maximum absolute atomic E-state index is 12.2. The Morgan fingerprint density at radius 2 is 2.09 bits per heavy atom. The molecule has 1 aromatic rings. The molecule has 1 aromatic carbocycles. The van der Waals surface area contributed by atoms with Gasteiger partial charge in [-0.1, -0.05) is 30.7 Å². The van der Waals surface area contributed by atoms with Crippen molar-refractivity contribution in [3.8, 4) is 0 Å². The van der Waals surface area contributed by atoms with Gasteiger partial charge in [-0.05, 0) is 43.5 Å². The summed E-state index contributed by atoms with van der Waals surface area (Å²) in [5.74, 6) is -0.995. The second kappa shape index (κ2) is 7.61. The van der Waals surface area contributed by atoms with Gasteiger partial charge in [-0.2, -0.15) is 0 Å². The third kappa shape index (κ3) is 4.21. The lowest BCUT2D eigenvalue weighted by molar-refractivity contribution is -0.142. The number of carbonyl (C=O) groups excluding carboxylic acids is 1. The van der Waals surface area contributed by atoms with Crippen molar-refractivity contribution in [3.05, 3.63) is 34.9 Å². The lowest BCUT2D eigenvalue weighted by atomic mass is 10.0. The van der Waals surface area contributed by atoms with Crippen LogP contribution < -0.4 is 5.32 Å². The first-order valence-corrected chi connectivity index (χ1v) is 7.90. The van der Waals surface area contributed by atoms with E-state index in [1.54, 1.807) is 17.0 Å². The summed E-state index contributed by atoms with van der Waals surface area (Å²) in [6.45, 7) is 2.78. The van der Waals surface area contributed by atoms with Gasteiger partial charge in [0.25, 0.3) is 0 Å². The van der Waals surface area contributed by atoms with Crippen LogP contribution in [0.25, 0.3) is 0 Å². The van der Waals surface area contributed by atoms with Gasteiger partial charge in [0.05, 0.1) is 12.6 Å². The van der Waals surface area contributed by atoms with Gasteiger partial charge in [-0.3, -0.25) is 14.5 Å². The predicted molar refractivity (Wildman–Crippen MR) is 84.9 cm³/mol. The first-order valence-electron chi connectivity index (χ1n) is 7.53. The van der Waals surface area contributed by atoms with Crippen LogP contribution in [0.15, 0.2) is 24.3 Å². The Labute approximate surface area is 135 Å². The Hall–Kier alpha value is -1.59. The van der Waals surface area contributed by atoms with Crippen molar-refractivity contribution in [1.29, 1.82) is 0 Å². The molecule has 1 amide bonds. The zero-order chi connectivity index (χ0) is 16.1. The average Bonchev–Trinajstić information content (AvgIpc) is 2.94. The number of likely N-dealkylation sites (tertiary alicyclic amines) is 1. The van der Waals surface area contributed by atoms with Crippen molar-refractivity contribution in [2.24, 2.45) is 0 Å². The minimum atomic E-state index is -0.852. The van der Waals surface area contributed by atoms with Gasteiger partial charge in [0.15, 0.2) is 0 Å². The number of benzene rings is 1. The second-order valence-electron chi connectivity index (χ2n) is 5.55. The minimum Gasteiger partial charge on any atom is -0.480 e. The summed E-state index contributed by atoms with van der Waals surface area (Å²) in [6, 6.07) is 6.76. The number of hydrogen-bond acceptors (Lipinski definition) is 3. The summed E-state index contributed by atoms with van der Waals surface area (Å²) in [5, 5.41) is 12.8. The van der Waals surface area contributed by atoms with E-state index in [4.69, 9.17) is 16.7 Å². The molecule has 1 heterocycles. The minimum absolute atomic E-state index is 0.0874. The molecule has 0 aliphatic carbocycles. The van der Waals surface area contributed by atoms with Gasteiger partial charge in [0.1, 0.15) is 6.04 Å². The van der Waals surface area contributed by atoms with E-state index in [-0.39, 0.29) is 18.5 Å². The molecule has 22 heavy (non-hydrogen) atoms. The summed E-state index contributed by atoms with van der Waals surface area (Å²) in [7, 11) is 0. The third-order valence-electron chi connectivity index (χ3n) is 4.01. The molecule has 0 aromatic heterocycles. The molecule has 0 bridgehead atoms. The molecule has 2 N–H and O–H groups in total. The zero-order valence-corrected chi connectivity index (χ0v) is 13.3. The van der Waals surface area contributed by atoms with Crippen molar-refractivity contribution in [2.75, 3.05) is 13.1 Å². The van der Waals surface area contributed by atoms with E-state index in [2.05, 4.69) is 5.32 Å². The van der Waals surface area contributed by atoms with Crippen LogP contribution in [0.4, 0.5) is 0 Å². The Balaban J connectivity index is 1.95. The van der Waals surface area contributed by atoms with Gasteiger partial charge in [-0.25, -0.2) is 0 Å². The smallest absolute Gasteiger partial charge is 0.320 e. The Morgan fingerprint density at radius 3 is 2.68 bits per heavy atom. The van der Waals surface area contributed by atoms with Crippen molar-refractivity contribution in [1.82, 2.24) is 10.2 Å². The highest BCUT2D eigenvalue weighted by molar-refractivity contribution is 6.30. The molecule has 1 aliphatic rings. The topological polar surface area (TPSA) is 69.6 Å². The van der Waals surface area contributed by atoms with Crippen LogP contribution in [0.3, 0.4) is 0 Å². The molecule has 120 valence electrons. The number of carbonyl (C=O) groups is 2. The molecular formula is C16H21ClN2O3. The number of carboxylic acids is 1. The van der Waals surface area contributed by atoms with Gasteiger partial charge < -0.3 is 10.4 Å². The van der Waals surface area contributed by atoms with E-state index in [1.807, 2.05) is 19.1 Å². The molecular weight excluding hydrogens is 304 g/mol. The van der Waals surface area contributed by atoms with Gasteiger partial charge in [0.2, 0.25) is 5.91 Å². The average molecular weight is 325 g/mol. The molecule has 1 aliphatic heterocycles. The first-order chi connectivity index (χ1) is 10.5. The van der Waals surface area contributed by atoms with Crippen LogP contribution in [-0.4, -0.2) is 41.0 Å². The van der Waals surface area contributed by atoms with Gasteiger partial charge in [0, 0.05) is 5.02 Å². The molecule has 0 radical (unpaired) electrons. The fourth-order valence-electron chi connectivity index (χ4n) is 2.84. The number of halogens is 1. The largest absolute Gasteiger partial charge is 0.480 e. The van der Waals surface area contributed by atoms with Gasteiger partial charge >= 0.3 is 5.97 Å². The van der Waals surface area contributed by atoms with Crippen LogP contribution in [0.5, 0.6) is 0 Å². The van der Waals surface area contributed by atoms with Gasteiger partial charge in [-0.15, -0.1) is 0 Å². The third-order valence-corrected chi connectivity index (χ3v) is 4.26. The zero-order valence-electron chi connectivity index (χ0n) is 12.6. The molecule has 0 saturated carbocycles. The summed E-state index contributed by atoms with van der Waals surface area (Å²) < 4.78 is 0. The van der Waals surface area contributed by atoms with Crippen LogP contribution in [-0.2, 0) is 9.59 Å². The van der Waals surface area contributed by atoms with Crippen molar-refractivity contribution >= 4 is 23.5 Å². The van der Waals surface area contributed by atoms with E-state index < -0.39 is 12.0 Å². The molecule has 1 saturated heterocycles. The van der Waals surface area contributed by atoms with Crippen molar-refractivity contribution in [2.45, 2.75) is 38.3 Å². The highest BCUT2D eigenvalue weighted by Crippen LogP contribution is 2.20. The summed E-state index contributed by atoms with van der Waals surface area (Å²) in [4.78, 5) is 25.1. The molecule has 0 spiro atoms. The van der Waals surface area contributed by atoms with Crippen LogP contribution in [0.2, 0.25) is 5.02 Å². The summed E-state index contributed by atoms with van der Waals surface area (Å²) in [5.41, 5.74) is 0.997. The normalized spacial score (nSPS) is 19.8. The van der Waals surface area contributed by atoms with E-state index in [0.29, 0.717) is 18.0 Å². The highest BCUT2D eigenvalue weighted by atomic mass is 35.5. The van der Waals surface area contributed by atoms with Crippen LogP contribution in [0, 0.1) is 0 Å². The molecule has 2 atom stereocenters. The number of nitrogens with zero attached hydrogens (tertiary/aromatic N) is 1. The van der Waals surface area contributed by atoms with Crippen molar-refractivity contribution < 1.29 is 14.7 Å². The quantitative estimate of drug-likeness (QED) is 0.843. The Bertz CT molecular complexity index is 533. The Kier molecular flexibility index (Phi) is 5.80. The van der Waals surface area contributed by atoms with E-state index >= 15 is 0 Å². The Morgan fingerprint density at radius 1 is 1.41 bits per heavy atom. The molecule has 0 unspecified atom stereocenters. The van der Waals surface area contributed by atoms with Crippen LogP contribution in [0.1, 0.15) is 37.8 Å². The number of rotatable bonds is 6. The number of carboxylic acid groups (broad SMARTS) is 1. The SMILES string of the molecule is CC[C@H](NC(=O)CN1CCC[C@H]1C(=O)O)c1ccc(Cl)cc1. The fraction of sp³-hybridized carbons (Fsp3) is 0.500. The number of nitrogens with one attached hydrogen (secondary N) is 1. The number of aliphatic carboxylic acids is 1. The predicted octanol–water partition coefficient (Wildman–Crippen LogP) is 2.46.